The van der Waals surface area contributed by atoms with Crippen LogP contribution in [0.1, 0.15) is 5.56 Å². The van der Waals surface area contributed by atoms with E-state index in [4.69, 9.17) is 30.9 Å². The number of halogens is 1. The van der Waals surface area contributed by atoms with Crippen molar-refractivity contribution in [2.75, 3.05) is 32.9 Å². The lowest BCUT2D eigenvalue weighted by molar-refractivity contribution is -0.158. The Balaban J connectivity index is 1.70. The van der Waals surface area contributed by atoms with Gasteiger partial charge in [0.2, 0.25) is 5.91 Å². The number of morpholine rings is 1. The molecule has 1 amide bonds. The molecule has 0 radical (unpaired) electrons. The Morgan fingerprint density at radius 1 is 1.25 bits per heavy atom. The maximum absolute atomic E-state index is 12.2. The first kappa shape index (κ1) is 16.6. The minimum absolute atomic E-state index is 0.0282. The molecule has 0 spiro atoms. The van der Waals surface area contributed by atoms with E-state index < -0.39 is 12.1 Å². The molecule has 2 heterocycles. The smallest absolute Gasteiger partial charge is 0.334 e. The number of rotatable bonds is 3. The number of hydrogen-bond acceptors (Lipinski definition) is 5. The minimum Gasteiger partial charge on any atom is -0.486 e. The topological polar surface area (TPSA) is 85.3 Å². The normalized spacial score (nSPS) is 20.2. The fourth-order valence-electron chi connectivity index (χ4n) is 2.50. The molecule has 1 aromatic rings. The summed E-state index contributed by atoms with van der Waals surface area (Å²) >= 11 is 6.15. The molecular weight excluding hydrogens is 338 g/mol. The average Bonchev–Trinajstić information content (AvgIpc) is 2.60. The highest BCUT2D eigenvalue weighted by Crippen LogP contribution is 2.38. The Morgan fingerprint density at radius 2 is 2.04 bits per heavy atom. The first-order valence-corrected chi connectivity index (χ1v) is 7.83. The van der Waals surface area contributed by atoms with E-state index >= 15 is 0 Å². The van der Waals surface area contributed by atoms with E-state index in [2.05, 4.69) is 0 Å². The second kappa shape index (κ2) is 7.11. The van der Waals surface area contributed by atoms with Gasteiger partial charge >= 0.3 is 5.97 Å². The molecule has 1 unspecified atom stereocenters. The predicted molar refractivity (Wildman–Crippen MR) is 85.4 cm³/mol. The zero-order valence-electron chi connectivity index (χ0n) is 12.7. The summed E-state index contributed by atoms with van der Waals surface area (Å²) < 4.78 is 16.0. The van der Waals surface area contributed by atoms with Crippen LogP contribution in [-0.2, 0) is 14.3 Å². The summed E-state index contributed by atoms with van der Waals surface area (Å²) in [4.78, 5) is 24.6. The van der Waals surface area contributed by atoms with Gasteiger partial charge in [0.25, 0.3) is 0 Å². The van der Waals surface area contributed by atoms with Crippen LogP contribution in [-0.4, -0.2) is 60.9 Å². The highest BCUT2D eigenvalue weighted by Gasteiger charge is 2.28. The van der Waals surface area contributed by atoms with Crippen LogP contribution < -0.4 is 9.47 Å². The number of fused-ring (bicyclic) bond motifs is 1. The van der Waals surface area contributed by atoms with Crippen molar-refractivity contribution in [3.05, 3.63) is 28.8 Å². The summed E-state index contributed by atoms with van der Waals surface area (Å²) in [6.07, 6.45) is 2.00. The number of carboxylic acids is 1. The van der Waals surface area contributed by atoms with Crippen LogP contribution in [0.15, 0.2) is 18.2 Å². The van der Waals surface area contributed by atoms with E-state index in [0.29, 0.717) is 41.8 Å². The highest BCUT2D eigenvalue weighted by atomic mass is 35.5. The number of ether oxygens (including phenoxy) is 3. The molecule has 1 saturated heterocycles. The molecule has 1 N–H and O–H groups in total. The average molecular weight is 354 g/mol. The second-order valence-electron chi connectivity index (χ2n) is 5.34. The molecule has 2 aliphatic heterocycles. The first-order chi connectivity index (χ1) is 11.5. The van der Waals surface area contributed by atoms with E-state index in [1.54, 1.807) is 18.2 Å². The molecule has 24 heavy (non-hydrogen) atoms. The van der Waals surface area contributed by atoms with Crippen LogP contribution >= 0.6 is 11.6 Å². The van der Waals surface area contributed by atoms with Gasteiger partial charge in [-0.15, -0.1) is 0 Å². The molecule has 2 aliphatic rings. The fourth-order valence-corrected chi connectivity index (χ4v) is 2.77. The van der Waals surface area contributed by atoms with Gasteiger partial charge in [0, 0.05) is 12.6 Å². The van der Waals surface area contributed by atoms with E-state index in [0.717, 1.165) is 0 Å². The summed E-state index contributed by atoms with van der Waals surface area (Å²) in [5.74, 6) is -0.312. The van der Waals surface area contributed by atoms with E-state index in [9.17, 15) is 9.59 Å². The quantitative estimate of drug-likeness (QED) is 0.828. The van der Waals surface area contributed by atoms with Gasteiger partial charge in [-0.2, -0.15) is 0 Å². The van der Waals surface area contributed by atoms with Crippen molar-refractivity contribution in [2.24, 2.45) is 0 Å². The van der Waals surface area contributed by atoms with Gasteiger partial charge in [-0.1, -0.05) is 11.6 Å². The second-order valence-corrected chi connectivity index (χ2v) is 5.75. The number of carbonyl (C=O) groups excluding carboxylic acids is 1. The van der Waals surface area contributed by atoms with Crippen LogP contribution in [0.2, 0.25) is 5.02 Å². The Hall–Kier alpha value is -2.25. The lowest BCUT2D eigenvalue weighted by atomic mass is 10.1. The highest BCUT2D eigenvalue weighted by molar-refractivity contribution is 6.32. The Labute approximate surface area is 143 Å². The molecule has 1 fully saturated rings. The lowest BCUT2D eigenvalue weighted by Crippen LogP contribution is -2.48. The van der Waals surface area contributed by atoms with Crippen LogP contribution in [0, 0.1) is 0 Å². The van der Waals surface area contributed by atoms with Gasteiger partial charge in [-0.25, -0.2) is 4.79 Å². The van der Waals surface area contributed by atoms with Crippen LogP contribution in [0.25, 0.3) is 6.08 Å². The molecule has 3 rings (SSSR count). The van der Waals surface area contributed by atoms with Crippen LogP contribution in [0.5, 0.6) is 11.5 Å². The molecule has 1 atom stereocenters. The Morgan fingerprint density at radius 3 is 2.83 bits per heavy atom. The molecule has 8 heteroatoms. The summed E-state index contributed by atoms with van der Waals surface area (Å²) in [6.45, 7) is 1.48. The maximum atomic E-state index is 12.2. The third-order valence-electron chi connectivity index (χ3n) is 3.69. The van der Waals surface area contributed by atoms with Crippen molar-refractivity contribution in [2.45, 2.75) is 6.10 Å². The SMILES string of the molecule is O=C(O)C1CN(C(=O)/C=C/c2cc(Cl)c3c(c2)OCCO3)CCO1. The fraction of sp³-hybridized carbons (Fsp3) is 0.375. The molecular formula is C16H16ClNO6. The largest absolute Gasteiger partial charge is 0.486 e. The Bertz CT molecular complexity index is 689. The molecule has 0 bridgehead atoms. The van der Waals surface area contributed by atoms with Crippen molar-refractivity contribution < 1.29 is 28.9 Å². The van der Waals surface area contributed by atoms with E-state index in [-0.39, 0.29) is 19.1 Å². The monoisotopic (exact) mass is 353 g/mol. The maximum Gasteiger partial charge on any atom is 0.334 e. The summed E-state index contributed by atoms with van der Waals surface area (Å²) in [6, 6.07) is 3.42. The number of hydrogen-bond donors (Lipinski definition) is 1. The van der Waals surface area contributed by atoms with Crippen molar-refractivity contribution in [1.82, 2.24) is 4.90 Å². The van der Waals surface area contributed by atoms with Crippen molar-refractivity contribution in [3.63, 3.8) is 0 Å². The third kappa shape index (κ3) is 3.63. The summed E-state index contributed by atoms with van der Waals surface area (Å²) in [7, 11) is 0. The number of benzene rings is 1. The zero-order chi connectivity index (χ0) is 17.1. The minimum atomic E-state index is -1.07. The third-order valence-corrected chi connectivity index (χ3v) is 3.97. The number of aliphatic carboxylic acids is 1. The molecule has 7 nitrogen and oxygen atoms in total. The van der Waals surface area contributed by atoms with Gasteiger partial charge in [-0.05, 0) is 23.8 Å². The molecule has 0 aliphatic carbocycles. The lowest BCUT2D eigenvalue weighted by Gasteiger charge is -2.30. The summed E-state index contributed by atoms with van der Waals surface area (Å²) in [5, 5.41) is 9.38. The molecule has 0 saturated carbocycles. The van der Waals surface area contributed by atoms with Gasteiger partial charge in [-0.3, -0.25) is 4.79 Å². The van der Waals surface area contributed by atoms with Crippen molar-refractivity contribution in [1.29, 1.82) is 0 Å². The molecule has 0 aromatic heterocycles. The van der Waals surface area contributed by atoms with E-state index in [1.165, 1.54) is 11.0 Å². The number of amides is 1. The van der Waals surface area contributed by atoms with Crippen LogP contribution in [0.4, 0.5) is 0 Å². The number of carboxylic acid groups (broad SMARTS) is 1. The zero-order valence-corrected chi connectivity index (χ0v) is 13.5. The first-order valence-electron chi connectivity index (χ1n) is 7.45. The van der Waals surface area contributed by atoms with Gasteiger partial charge < -0.3 is 24.2 Å². The number of nitrogens with zero attached hydrogens (tertiary/aromatic N) is 1. The van der Waals surface area contributed by atoms with E-state index in [1.807, 2.05) is 0 Å². The van der Waals surface area contributed by atoms with Crippen molar-refractivity contribution >= 4 is 29.6 Å². The molecule has 1 aromatic carbocycles. The van der Waals surface area contributed by atoms with Gasteiger partial charge in [0.15, 0.2) is 17.6 Å². The standard InChI is InChI=1S/C16H16ClNO6/c17-11-7-10(8-12-15(11)24-6-5-23-12)1-2-14(19)18-3-4-22-13(9-18)16(20)21/h1-2,7-8,13H,3-6,9H2,(H,20,21)/b2-1+. The van der Waals surface area contributed by atoms with Crippen LogP contribution in [0.3, 0.4) is 0 Å². The van der Waals surface area contributed by atoms with Gasteiger partial charge in [0.05, 0.1) is 18.2 Å². The van der Waals surface area contributed by atoms with Gasteiger partial charge in [0.1, 0.15) is 13.2 Å². The molecule has 128 valence electrons. The summed E-state index contributed by atoms with van der Waals surface area (Å²) in [5.41, 5.74) is 0.695. The predicted octanol–water partition coefficient (Wildman–Crippen LogP) is 1.44. The van der Waals surface area contributed by atoms with Crippen molar-refractivity contribution in [3.8, 4) is 11.5 Å². The Kier molecular flexibility index (Phi) is 4.92. The number of carbonyl (C=O) groups is 2.